The minimum absolute atomic E-state index is 0.0459. The average Bonchev–Trinajstić information content (AvgIpc) is 2.66. The standard InChI is InChI=1S/C21H25NO5S/c1-21(2,20(22)24)28(25,26)15-18(13-16-9-5-3-6-10-16)19(23)27-14-17-11-7-4-8-12-17/h3-12,18H,13-15H2,1-2H3,(H2,22,24). The summed E-state index contributed by atoms with van der Waals surface area (Å²) in [6, 6.07) is 18.2. The number of nitrogens with two attached hydrogens (primary N) is 1. The van der Waals surface area contributed by atoms with Gasteiger partial charge in [0.1, 0.15) is 11.4 Å². The molecule has 150 valence electrons. The summed E-state index contributed by atoms with van der Waals surface area (Å²) in [6.45, 7) is 2.54. The highest BCUT2D eigenvalue weighted by atomic mass is 32.2. The number of hydrogen-bond donors (Lipinski definition) is 1. The van der Waals surface area contributed by atoms with Crippen LogP contribution in [0.3, 0.4) is 0 Å². The zero-order valence-electron chi connectivity index (χ0n) is 16.0. The van der Waals surface area contributed by atoms with E-state index < -0.39 is 38.1 Å². The number of rotatable bonds is 9. The Morgan fingerprint density at radius 3 is 1.96 bits per heavy atom. The summed E-state index contributed by atoms with van der Waals surface area (Å²) in [5.74, 6) is -3.05. The molecular formula is C21H25NO5S. The molecule has 7 heteroatoms. The molecule has 0 saturated heterocycles. The number of benzene rings is 2. The van der Waals surface area contributed by atoms with Crippen molar-refractivity contribution in [3.05, 3.63) is 71.8 Å². The molecule has 2 rings (SSSR count). The number of carbonyl (C=O) groups excluding carboxylic acids is 2. The van der Waals surface area contributed by atoms with E-state index in [0.29, 0.717) is 0 Å². The van der Waals surface area contributed by atoms with Gasteiger partial charge in [-0.1, -0.05) is 60.7 Å². The fourth-order valence-corrected chi connectivity index (χ4v) is 4.09. The van der Waals surface area contributed by atoms with Crippen molar-refractivity contribution in [2.24, 2.45) is 11.7 Å². The topological polar surface area (TPSA) is 104 Å². The van der Waals surface area contributed by atoms with Gasteiger partial charge in [0.15, 0.2) is 9.84 Å². The summed E-state index contributed by atoms with van der Waals surface area (Å²) in [6.07, 6.45) is 0.183. The van der Waals surface area contributed by atoms with Gasteiger partial charge in [-0.3, -0.25) is 9.59 Å². The lowest BCUT2D eigenvalue weighted by atomic mass is 10.0. The van der Waals surface area contributed by atoms with Crippen LogP contribution in [0.15, 0.2) is 60.7 Å². The first-order valence-electron chi connectivity index (χ1n) is 8.90. The van der Waals surface area contributed by atoms with Gasteiger partial charge in [0.25, 0.3) is 0 Å². The van der Waals surface area contributed by atoms with E-state index in [0.717, 1.165) is 11.1 Å². The van der Waals surface area contributed by atoms with Gasteiger partial charge in [-0.25, -0.2) is 8.42 Å². The third kappa shape index (κ3) is 5.42. The number of sulfone groups is 1. The molecule has 0 aromatic heterocycles. The van der Waals surface area contributed by atoms with E-state index in [1.807, 2.05) is 60.7 Å². The molecule has 1 unspecified atom stereocenters. The Morgan fingerprint density at radius 2 is 1.46 bits per heavy atom. The largest absolute Gasteiger partial charge is 0.461 e. The summed E-state index contributed by atoms with van der Waals surface area (Å²) in [7, 11) is -3.98. The highest BCUT2D eigenvalue weighted by molar-refractivity contribution is 7.93. The maximum atomic E-state index is 12.8. The van der Waals surface area contributed by atoms with Gasteiger partial charge < -0.3 is 10.5 Å². The van der Waals surface area contributed by atoms with Crippen molar-refractivity contribution < 1.29 is 22.7 Å². The quantitative estimate of drug-likeness (QED) is 0.647. The van der Waals surface area contributed by atoms with Crippen molar-refractivity contribution in [3.63, 3.8) is 0 Å². The Labute approximate surface area is 165 Å². The van der Waals surface area contributed by atoms with E-state index in [4.69, 9.17) is 10.5 Å². The summed E-state index contributed by atoms with van der Waals surface area (Å²) in [5.41, 5.74) is 6.86. The van der Waals surface area contributed by atoms with Crippen LogP contribution in [-0.4, -0.2) is 30.8 Å². The molecule has 6 nitrogen and oxygen atoms in total. The molecule has 2 N–H and O–H groups in total. The minimum atomic E-state index is -3.98. The van der Waals surface area contributed by atoms with E-state index in [9.17, 15) is 18.0 Å². The van der Waals surface area contributed by atoms with Crippen LogP contribution in [0.25, 0.3) is 0 Å². The highest BCUT2D eigenvalue weighted by Gasteiger charge is 2.42. The molecule has 0 bridgehead atoms. The molecule has 0 aliphatic rings. The Hall–Kier alpha value is -2.67. The SMILES string of the molecule is CC(C)(C(N)=O)S(=O)(=O)CC(Cc1ccccc1)C(=O)OCc1ccccc1. The van der Waals surface area contributed by atoms with Crippen molar-refractivity contribution in [2.45, 2.75) is 31.6 Å². The van der Waals surface area contributed by atoms with Gasteiger partial charge in [0.2, 0.25) is 5.91 Å². The first-order valence-corrected chi connectivity index (χ1v) is 10.6. The Kier molecular flexibility index (Phi) is 6.96. The fraction of sp³-hybridized carbons (Fsp3) is 0.333. The van der Waals surface area contributed by atoms with E-state index in [2.05, 4.69) is 0 Å². The molecule has 1 amide bonds. The molecule has 0 heterocycles. The molecule has 2 aromatic carbocycles. The molecule has 28 heavy (non-hydrogen) atoms. The molecule has 0 radical (unpaired) electrons. The van der Waals surface area contributed by atoms with Crippen LogP contribution in [0.1, 0.15) is 25.0 Å². The summed E-state index contributed by atoms with van der Waals surface area (Å²) < 4.78 is 29.1. The predicted molar refractivity (Wildman–Crippen MR) is 107 cm³/mol. The number of amides is 1. The molecule has 0 fully saturated rings. The maximum absolute atomic E-state index is 12.8. The second kappa shape index (κ2) is 9.01. The molecule has 0 saturated carbocycles. The van der Waals surface area contributed by atoms with Gasteiger partial charge in [0.05, 0.1) is 11.7 Å². The van der Waals surface area contributed by atoms with Crippen LogP contribution in [0.4, 0.5) is 0 Å². The first-order chi connectivity index (χ1) is 13.1. The van der Waals surface area contributed by atoms with Gasteiger partial charge in [-0.15, -0.1) is 0 Å². The number of primary amides is 1. The predicted octanol–water partition coefficient (Wildman–Crippen LogP) is 2.27. The molecular weight excluding hydrogens is 378 g/mol. The smallest absolute Gasteiger partial charge is 0.310 e. The summed E-state index contributed by atoms with van der Waals surface area (Å²) in [4.78, 5) is 24.3. The monoisotopic (exact) mass is 403 g/mol. The third-order valence-electron chi connectivity index (χ3n) is 4.67. The lowest BCUT2D eigenvalue weighted by Gasteiger charge is -2.24. The molecule has 1 atom stereocenters. The van der Waals surface area contributed by atoms with Crippen molar-refractivity contribution in [3.8, 4) is 0 Å². The minimum Gasteiger partial charge on any atom is -0.461 e. The first kappa shape index (κ1) is 21.6. The Morgan fingerprint density at radius 1 is 0.964 bits per heavy atom. The highest BCUT2D eigenvalue weighted by Crippen LogP contribution is 2.22. The number of ether oxygens (including phenoxy) is 1. The number of carbonyl (C=O) groups is 2. The number of esters is 1. The second-order valence-corrected chi connectivity index (χ2v) is 9.72. The Bertz CT molecular complexity index is 908. The zero-order chi connectivity index (χ0) is 20.8. The van der Waals surface area contributed by atoms with Crippen LogP contribution in [0.2, 0.25) is 0 Å². The van der Waals surface area contributed by atoms with Crippen LogP contribution in [0, 0.1) is 5.92 Å². The van der Waals surface area contributed by atoms with Crippen molar-refractivity contribution in [2.75, 3.05) is 5.75 Å². The van der Waals surface area contributed by atoms with Gasteiger partial charge in [0, 0.05) is 0 Å². The summed E-state index contributed by atoms with van der Waals surface area (Å²) in [5, 5.41) is 0. The molecule has 2 aromatic rings. The number of hydrogen-bond acceptors (Lipinski definition) is 5. The van der Waals surface area contributed by atoms with Crippen molar-refractivity contribution >= 4 is 21.7 Å². The van der Waals surface area contributed by atoms with E-state index in [-0.39, 0.29) is 13.0 Å². The Balaban J connectivity index is 2.21. The van der Waals surface area contributed by atoms with E-state index in [1.54, 1.807) is 0 Å². The molecule has 0 aliphatic heterocycles. The zero-order valence-corrected chi connectivity index (χ0v) is 16.8. The normalized spacial score (nSPS) is 12.9. The van der Waals surface area contributed by atoms with Crippen LogP contribution in [-0.2, 0) is 37.2 Å². The fourth-order valence-electron chi connectivity index (χ4n) is 2.58. The lowest BCUT2D eigenvalue weighted by Crippen LogP contribution is -2.48. The van der Waals surface area contributed by atoms with Gasteiger partial charge >= 0.3 is 5.97 Å². The average molecular weight is 404 g/mol. The lowest BCUT2D eigenvalue weighted by molar-refractivity contribution is -0.149. The van der Waals surface area contributed by atoms with Crippen molar-refractivity contribution in [1.29, 1.82) is 0 Å². The van der Waals surface area contributed by atoms with Crippen molar-refractivity contribution in [1.82, 2.24) is 0 Å². The molecule has 0 spiro atoms. The molecule has 0 aliphatic carbocycles. The van der Waals surface area contributed by atoms with Crippen LogP contribution >= 0.6 is 0 Å². The van der Waals surface area contributed by atoms with Crippen LogP contribution < -0.4 is 5.73 Å². The van der Waals surface area contributed by atoms with Gasteiger partial charge in [-0.2, -0.15) is 0 Å². The van der Waals surface area contributed by atoms with Crippen LogP contribution in [0.5, 0.6) is 0 Å². The second-order valence-electron chi connectivity index (χ2n) is 7.14. The van der Waals surface area contributed by atoms with E-state index in [1.165, 1.54) is 13.8 Å². The third-order valence-corrected chi connectivity index (χ3v) is 7.27. The summed E-state index contributed by atoms with van der Waals surface area (Å²) >= 11 is 0. The van der Waals surface area contributed by atoms with E-state index >= 15 is 0 Å². The maximum Gasteiger partial charge on any atom is 0.310 e. The van der Waals surface area contributed by atoms with Gasteiger partial charge in [-0.05, 0) is 31.4 Å².